The summed E-state index contributed by atoms with van der Waals surface area (Å²) in [5.41, 5.74) is -1.71. The first-order valence-electron chi connectivity index (χ1n) is 13.1. The number of fused-ring (bicyclic) bond motifs is 1. The Bertz CT molecular complexity index is 1240. The molecule has 1 saturated heterocycles. The van der Waals surface area contributed by atoms with Crippen LogP contribution in [0.1, 0.15) is 60.0 Å². The summed E-state index contributed by atoms with van der Waals surface area (Å²) in [7, 11) is 0. The molecule has 1 N–H and O–H groups in total. The minimum Gasteiger partial charge on any atom is -0.393 e. The zero-order valence-electron chi connectivity index (χ0n) is 21.3. The molecule has 0 amide bonds. The summed E-state index contributed by atoms with van der Waals surface area (Å²) in [5, 5.41) is 10.1. The number of likely N-dealkylation sites (tertiary alicyclic amines) is 1. The molecule has 0 aromatic heterocycles. The third-order valence-corrected chi connectivity index (χ3v) is 8.28. The van der Waals surface area contributed by atoms with Crippen LogP contribution in [0.25, 0.3) is 0 Å². The fraction of sp³-hybridized carbons (Fsp3) is 0.483. The Kier molecular flexibility index (Phi) is 7.73. The molecule has 3 aliphatic rings. The van der Waals surface area contributed by atoms with Crippen LogP contribution in [0.5, 0.6) is 0 Å². The van der Waals surface area contributed by atoms with Gasteiger partial charge in [0.05, 0.1) is 23.8 Å². The van der Waals surface area contributed by atoms with Crippen molar-refractivity contribution < 1.29 is 45.4 Å². The molecule has 1 aliphatic heterocycles. The second kappa shape index (κ2) is 10.8. The molecule has 40 heavy (non-hydrogen) atoms. The van der Waals surface area contributed by atoms with Crippen molar-refractivity contribution >= 4 is 5.78 Å². The molecular formula is C29H28F7NO3. The molecule has 2 aromatic rings. The number of ketones is 1. The van der Waals surface area contributed by atoms with Crippen molar-refractivity contribution in [3.05, 3.63) is 82.3 Å². The van der Waals surface area contributed by atoms with Gasteiger partial charge in [0.1, 0.15) is 11.9 Å². The summed E-state index contributed by atoms with van der Waals surface area (Å²) in [6, 6.07) is 7.02. The highest BCUT2D eigenvalue weighted by molar-refractivity contribution is 5.92. The first-order chi connectivity index (χ1) is 18.8. The second-order valence-electron chi connectivity index (χ2n) is 10.8. The van der Waals surface area contributed by atoms with Crippen molar-refractivity contribution in [2.75, 3.05) is 19.7 Å². The molecule has 2 aliphatic carbocycles. The molecule has 0 unspecified atom stereocenters. The van der Waals surface area contributed by atoms with Gasteiger partial charge >= 0.3 is 12.4 Å². The Morgan fingerprint density at radius 3 is 2.12 bits per heavy atom. The van der Waals surface area contributed by atoms with E-state index in [0.29, 0.717) is 50.9 Å². The second-order valence-corrected chi connectivity index (χ2v) is 10.8. The lowest BCUT2D eigenvalue weighted by atomic mass is 9.69. The van der Waals surface area contributed by atoms with Crippen LogP contribution in [0.3, 0.4) is 0 Å². The molecule has 216 valence electrons. The van der Waals surface area contributed by atoms with Crippen molar-refractivity contribution in [1.29, 1.82) is 0 Å². The maximum absolute atomic E-state index is 13.8. The molecule has 11 heteroatoms. The van der Waals surface area contributed by atoms with Gasteiger partial charge in [0.25, 0.3) is 0 Å². The first-order valence-corrected chi connectivity index (χ1v) is 13.1. The number of allylic oxidation sites excluding steroid dienone is 2. The Hall–Kier alpha value is -2.92. The van der Waals surface area contributed by atoms with Crippen molar-refractivity contribution in [3.63, 3.8) is 0 Å². The standard InChI is InChI=1S/C29H28F7NO3/c30-21-4-1-16(2-5-21)27-24-14-37(22-6-7-23(39)12-22)13-17(24)3-8-25(27)40-26(15-38)18-9-19(28(31,32)33)11-20(10-18)29(34,35)36/h1-2,4-5,9-12,17,24-27,38H,3,6-8,13-15H2/t17-,24-,25+,26+,27+/m1/s1. The number of halogens is 7. The summed E-state index contributed by atoms with van der Waals surface area (Å²) < 4.78 is 101. The van der Waals surface area contributed by atoms with Gasteiger partial charge in [-0.1, -0.05) is 12.1 Å². The summed E-state index contributed by atoms with van der Waals surface area (Å²) in [4.78, 5) is 14.0. The average Bonchev–Trinajstić information content (AvgIpc) is 3.52. The number of carbonyl (C=O) groups excluding carboxylic acids is 1. The SMILES string of the molecule is O=C1C=C(N2C[C@H]3CC[C@H](O[C@@H](CO)c4cc(C(F)(F)F)cc(C(F)(F)F)c4)[C@@H](c4ccc(F)cc4)[C@@H]3C2)CC1. The zero-order chi connectivity index (χ0) is 28.8. The van der Waals surface area contributed by atoms with E-state index in [1.165, 1.54) is 12.1 Å². The predicted molar refractivity (Wildman–Crippen MR) is 130 cm³/mol. The predicted octanol–water partition coefficient (Wildman–Crippen LogP) is 6.65. The largest absolute Gasteiger partial charge is 0.416 e. The molecule has 5 rings (SSSR count). The van der Waals surface area contributed by atoms with Gasteiger partial charge in [-0.25, -0.2) is 4.39 Å². The molecule has 5 atom stereocenters. The van der Waals surface area contributed by atoms with Crippen LogP contribution in [0.15, 0.2) is 54.2 Å². The monoisotopic (exact) mass is 571 g/mol. The summed E-state index contributed by atoms with van der Waals surface area (Å²) in [5.74, 6) is -0.569. The molecule has 4 nitrogen and oxygen atoms in total. The van der Waals surface area contributed by atoms with Crippen molar-refractivity contribution in [2.24, 2.45) is 11.8 Å². The van der Waals surface area contributed by atoms with E-state index in [0.717, 1.165) is 11.3 Å². The highest BCUT2D eigenvalue weighted by atomic mass is 19.4. The summed E-state index contributed by atoms with van der Waals surface area (Å²) in [6.07, 6.45) is -8.32. The van der Waals surface area contributed by atoms with E-state index in [2.05, 4.69) is 4.90 Å². The van der Waals surface area contributed by atoms with Crippen LogP contribution in [0, 0.1) is 17.7 Å². The Morgan fingerprint density at radius 1 is 0.925 bits per heavy atom. The number of benzene rings is 2. The zero-order valence-corrected chi connectivity index (χ0v) is 21.3. The van der Waals surface area contributed by atoms with Crippen molar-refractivity contribution in [3.8, 4) is 0 Å². The number of hydrogen-bond acceptors (Lipinski definition) is 4. The van der Waals surface area contributed by atoms with Gasteiger partial charge in [-0.15, -0.1) is 0 Å². The van der Waals surface area contributed by atoms with Gasteiger partial charge in [0, 0.05) is 37.2 Å². The minimum atomic E-state index is -5.03. The minimum absolute atomic E-state index is 0.0209. The molecule has 2 fully saturated rings. The lowest BCUT2D eigenvalue weighted by molar-refractivity contribution is -0.143. The highest BCUT2D eigenvalue weighted by Crippen LogP contribution is 2.49. The van der Waals surface area contributed by atoms with Gasteiger partial charge in [-0.2, -0.15) is 26.3 Å². The number of carbonyl (C=O) groups is 1. The maximum atomic E-state index is 13.8. The van der Waals surface area contributed by atoms with E-state index in [-0.39, 0.29) is 29.6 Å². The van der Waals surface area contributed by atoms with Crippen LogP contribution in [0.2, 0.25) is 0 Å². The van der Waals surface area contributed by atoms with E-state index >= 15 is 0 Å². The third-order valence-electron chi connectivity index (χ3n) is 8.28. The average molecular weight is 572 g/mol. The normalized spacial score (nSPS) is 26.1. The topological polar surface area (TPSA) is 49.8 Å². The lowest BCUT2D eigenvalue weighted by Gasteiger charge is -2.41. The molecule has 0 spiro atoms. The van der Waals surface area contributed by atoms with Gasteiger partial charge in [0.15, 0.2) is 5.78 Å². The Morgan fingerprint density at radius 2 is 1.57 bits per heavy atom. The molecule has 1 saturated carbocycles. The number of aliphatic hydroxyl groups excluding tert-OH is 1. The van der Waals surface area contributed by atoms with Crippen LogP contribution in [0.4, 0.5) is 30.7 Å². The maximum Gasteiger partial charge on any atom is 0.416 e. The summed E-state index contributed by atoms with van der Waals surface area (Å²) >= 11 is 0. The van der Waals surface area contributed by atoms with Crippen molar-refractivity contribution in [1.82, 2.24) is 4.90 Å². The number of nitrogens with zero attached hydrogens (tertiary/aromatic N) is 1. The number of hydrogen-bond donors (Lipinski definition) is 1. The van der Waals surface area contributed by atoms with Crippen LogP contribution >= 0.6 is 0 Å². The van der Waals surface area contributed by atoms with E-state index < -0.39 is 53.7 Å². The van der Waals surface area contributed by atoms with Gasteiger partial charge < -0.3 is 14.7 Å². The number of ether oxygens (including phenoxy) is 1. The fourth-order valence-electron chi connectivity index (χ4n) is 6.41. The van der Waals surface area contributed by atoms with Gasteiger partial charge in [-0.05, 0) is 72.6 Å². The van der Waals surface area contributed by atoms with Crippen molar-refractivity contribution in [2.45, 2.75) is 56.2 Å². The quantitative estimate of drug-likeness (QED) is 0.395. The summed E-state index contributed by atoms with van der Waals surface area (Å²) in [6.45, 7) is 0.456. The van der Waals surface area contributed by atoms with Crippen LogP contribution in [-0.4, -0.2) is 41.6 Å². The number of aliphatic hydroxyl groups is 1. The fourth-order valence-corrected chi connectivity index (χ4v) is 6.41. The first kappa shape index (κ1) is 28.6. The van der Waals surface area contributed by atoms with E-state index in [1.807, 2.05) is 0 Å². The Balaban J connectivity index is 1.47. The molecule has 1 heterocycles. The van der Waals surface area contributed by atoms with E-state index in [1.54, 1.807) is 18.2 Å². The molecule has 0 bridgehead atoms. The highest BCUT2D eigenvalue weighted by Gasteiger charge is 2.47. The molecule has 0 radical (unpaired) electrons. The van der Waals surface area contributed by atoms with E-state index in [4.69, 9.17) is 4.74 Å². The number of rotatable bonds is 6. The van der Waals surface area contributed by atoms with Gasteiger partial charge in [0.2, 0.25) is 0 Å². The number of alkyl halides is 6. The van der Waals surface area contributed by atoms with Gasteiger partial charge in [-0.3, -0.25) is 4.79 Å². The lowest BCUT2D eigenvalue weighted by Crippen LogP contribution is -2.38. The third kappa shape index (κ3) is 5.90. The Labute approximate surface area is 226 Å². The van der Waals surface area contributed by atoms with Crippen LogP contribution < -0.4 is 0 Å². The smallest absolute Gasteiger partial charge is 0.393 e. The molecular weight excluding hydrogens is 543 g/mol. The molecule has 2 aromatic carbocycles. The van der Waals surface area contributed by atoms with Crippen LogP contribution in [-0.2, 0) is 21.9 Å². The van der Waals surface area contributed by atoms with E-state index in [9.17, 15) is 40.6 Å².